The minimum absolute atomic E-state index is 0.0112. The predicted molar refractivity (Wildman–Crippen MR) is 137 cm³/mol. The Balaban J connectivity index is 1.33. The van der Waals surface area contributed by atoms with Gasteiger partial charge in [-0.3, -0.25) is 4.79 Å². The topological polar surface area (TPSA) is 136 Å². The number of rotatable bonds is 9. The van der Waals surface area contributed by atoms with Gasteiger partial charge in [-0.05, 0) is 42.8 Å². The molecule has 1 saturated heterocycles. The Morgan fingerprint density at radius 2 is 1.93 bits per heavy atom. The number of methoxy groups -OCH3 is 1. The van der Waals surface area contributed by atoms with Gasteiger partial charge in [0.2, 0.25) is 11.8 Å². The van der Waals surface area contributed by atoms with Crippen LogP contribution in [0.3, 0.4) is 0 Å². The number of oxazole rings is 1. The molecule has 3 aromatic rings. The van der Waals surface area contributed by atoms with Crippen LogP contribution in [0.4, 0.5) is 31.1 Å². The molecule has 1 aromatic carbocycles. The molecule has 1 aliphatic heterocycles. The van der Waals surface area contributed by atoms with E-state index in [4.69, 9.17) is 13.8 Å². The van der Waals surface area contributed by atoms with Crippen LogP contribution in [0.1, 0.15) is 84.2 Å². The van der Waals surface area contributed by atoms with Crippen LogP contribution in [0.15, 0.2) is 21.2 Å². The Bertz CT molecular complexity index is 1550. The van der Waals surface area contributed by atoms with Crippen molar-refractivity contribution in [2.24, 2.45) is 5.92 Å². The fourth-order valence-electron chi connectivity index (χ4n) is 5.87. The number of halogens is 6. The van der Waals surface area contributed by atoms with Gasteiger partial charge >= 0.3 is 12.2 Å². The van der Waals surface area contributed by atoms with Crippen LogP contribution in [0.5, 0.6) is 0 Å². The number of aromatic nitrogens is 3. The van der Waals surface area contributed by atoms with Gasteiger partial charge < -0.3 is 24.7 Å². The molecule has 6 rings (SSSR count). The van der Waals surface area contributed by atoms with Gasteiger partial charge in [-0.1, -0.05) is 11.2 Å². The first-order valence-corrected chi connectivity index (χ1v) is 14.1. The number of hydrogen-bond acceptors (Lipinski definition) is 8. The first kappa shape index (κ1) is 30.1. The first-order valence-electron chi connectivity index (χ1n) is 14.1. The van der Waals surface area contributed by atoms with Crippen LogP contribution in [0.25, 0.3) is 11.1 Å². The number of nitrogens with one attached hydrogen (secondary N) is 2. The second-order valence-electron chi connectivity index (χ2n) is 11.5. The molecule has 11 nitrogen and oxygen atoms in total. The maximum atomic E-state index is 16.0. The second kappa shape index (κ2) is 11.2. The molecule has 0 spiro atoms. The number of carbonyl (C=O) groups excluding carboxylic acids is 2. The van der Waals surface area contributed by atoms with E-state index in [1.807, 2.05) is 5.32 Å². The Kier molecular flexibility index (Phi) is 7.70. The zero-order chi connectivity index (χ0) is 31.4. The first-order chi connectivity index (χ1) is 20.9. The fraction of sp³-hybridized carbons (Fsp3) is 0.593. The molecule has 3 amide bonds. The van der Waals surface area contributed by atoms with E-state index in [1.54, 1.807) is 0 Å². The van der Waals surface area contributed by atoms with Gasteiger partial charge in [-0.2, -0.15) is 13.2 Å². The summed E-state index contributed by atoms with van der Waals surface area (Å²) in [5.74, 6) is -5.20. The van der Waals surface area contributed by atoms with Crippen LogP contribution in [-0.4, -0.2) is 70.5 Å². The molecule has 3 heterocycles. The van der Waals surface area contributed by atoms with E-state index >= 15 is 4.39 Å². The van der Waals surface area contributed by atoms with Crippen LogP contribution in [-0.2, 0) is 4.74 Å². The molecule has 0 bridgehead atoms. The summed E-state index contributed by atoms with van der Waals surface area (Å²) in [5, 5.41) is 12.1. The largest absolute Gasteiger partial charge is 0.438 e. The molecule has 17 heteroatoms. The summed E-state index contributed by atoms with van der Waals surface area (Å²) < 4.78 is 99.7. The summed E-state index contributed by atoms with van der Waals surface area (Å²) in [5.41, 5.74) is -0.205. The van der Waals surface area contributed by atoms with Crippen molar-refractivity contribution in [2.75, 3.05) is 20.3 Å². The number of hydrogen-bond donors (Lipinski definition) is 2. The van der Waals surface area contributed by atoms with Crippen molar-refractivity contribution in [1.82, 2.24) is 30.8 Å². The highest BCUT2D eigenvalue weighted by atomic mass is 19.4. The third-order valence-corrected chi connectivity index (χ3v) is 8.42. The minimum atomic E-state index is -4.71. The van der Waals surface area contributed by atoms with E-state index in [9.17, 15) is 31.5 Å². The molecule has 238 valence electrons. The second-order valence-corrected chi connectivity index (χ2v) is 11.5. The lowest BCUT2D eigenvalue weighted by atomic mass is 9.82. The number of amides is 3. The number of carbonyl (C=O) groups is 2. The standard InChI is InChI=1S/C27H28F6N6O5/c1-42-11-15(39-10-17(27(31,32)33)34-25(39)41)14-4-5-16-21(18(14)28)36-24(43-16)20(13-6-8-26(29,30)9-7-13)35-23(40)22-19(12-2-3-12)37-44-38-22/h4-5,12-13,15,17,20H,2-3,6-11H2,1H3,(H,34,41)(H,35,40)/t15-,17-,20+/m0/s1. The van der Waals surface area contributed by atoms with E-state index in [2.05, 4.69) is 20.6 Å². The number of benzene rings is 1. The lowest BCUT2D eigenvalue weighted by Gasteiger charge is -2.32. The number of nitrogens with zero attached hydrogens (tertiary/aromatic N) is 4. The number of ether oxygens (including phenoxy) is 1. The van der Waals surface area contributed by atoms with Gasteiger partial charge in [-0.25, -0.2) is 27.6 Å². The third kappa shape index (κ3) is 5.80. The van der Waals surface area contributed by atoms with E-state index in [-0.39, 0.29) is 53.6 Å². The van der Waals surface area contributed by atoms with Gasteiger partial charge in [0.05, 0.1) is 19.2 Å². The van der Waals surface area contributed by atoms with E-state index in [0.717, 1.165) is 17.7 Å². The lowest BCUT2D eigenvalue weighted by molar-refractivity contribution is -0.150. The fourth-order valence-corrected chi connectivity index (χ4v) is 5.87. The Morgan fingerprint density at radius 1 is 1.20 bits per heavy atom. The van der Waals surface area contributed by atoms with Crippen LogP contribution in [0, 0.1) is 11.7 Å². The number of urea groups is 1. The van der Waals surface area contributed by atoms with Gasteiger partial charge in [-0.15, -0.1) is 0 Å². The average molecular weight is 631 g/mol. The van der Waals surface area contributed by atoms with Gasteiger partial charge in [0, 0.05) is 31.4 Å². The molecule has 2 saturated carbocycles. The smallest absolute Gasteiger partial charge is 0.410 e. The van der Waals surface area contributed by atoms with Crippen molar-refractivity contribution in [3.63, 3.8) is 0 Å². The monoisotopic (exact) mass is 630 g/mol. The summed E-state index contributed by atoms with van der Waals surface area (Å²) in [6.45, 7) is -1.09. The molecular formula is C27H28F6N6O5. The Morgan fingerprint density at radius 3 is 2.57 bits per heavy atom. The maximum absolute atomic E-state index is 16.0. The van der Waals surface area contributed by atoms with Crippen molar-refractivity contribution in [3.05, 3.63) is 40.8 Å². The molecule has 2 aliphatic carbocycles. The molecule has 2 aromatic heterocycles. The Labute approximate surface area is 245 Å². The minimum Gasteiger partial charge on any atom is -0.438 e. The summed E-state index contributed by atoms with van der Waals surface area (Å²) >= 11 is 0. The normalized spacial score (nSPS) is 22.3. The SMILES string of the molecule is COC[C@@H](c1ccc2oc([C@H](NC(=O)c3nonc3C3CC3)C3CCC(F)(F)CC3)nc2c1F)N1C[C@@H](C(F)(F)F)NC1=O. The Hall–Kier alpha value is -3.89. The highest BCUT2D eigenvalue weighted by Crippen LogP contribution is 2.43. The zero-order valence-corrected chi connectivity index (χ0v) is 23.3. The molecule has 2 N–H and O–H groups in total. The van der Waals surface area contributed by atoms with Crippen LogP contribution >= 0.6 is 0 Å². The summed E-state index contributed by atoms with van der Waals surface area (Å²) in [6, 6.07) is -2.89. The highest BCUT2D eigenvalue weighted by molar-refractivity contribution is 5.93. The predicted octanol–water partition coefficient (Wildman–Crippen LogP) is 5.17. The summed E-state index contributed by atoms with van der Waals surface area (Å²) in [6.07, 6.45) is -3.94. The summed E-state index contributed by atoms with van der Waals surface area (Å²) in [4.78, 5) is 30.9. The third-order valence-electron chi connectivity index (χ3n) is 8.42. The molecule has 0 radical (unpaired) electrons. The average Bonchev–Trinajstić information content (AvgIpc) is 3.34. The van der Waals surface area contributed by atoms with Gasteiger partial charge in [0.1, 0.15) is 23.3 Å². The van der Waals surface area contributed by atoms with Crippen LogP contribution < -0.4 is 10.6 Å². The quantitative estimate of drug-likeness (QED) is 0.310. The van der Waals surface area contributed by atoms with Crippen molar-refractivity contribution in [1.29, 1.82) is 0 Å². The van der Waals surface area contributed by atoms with Crippen LogP contribution in [0.2, 0.25) is 0 Å². The van der Waals surface area contributed by atoms with Crippen molar-refractivity contribution < 1.29 is 49.7 Å². The number of alkyl halides is 5. The lowest BCUT2D eigenvalue weighted by Crippen LogP contribution is -2.40. The van der Waals surface area contributed by atoms with Gasteiger partial charge in [0.15, 0.2) is 17.1 Å². The molecule has 3 atom stereocenters. The molecule has 44 heavy (non-hydrogen) atoms. The van der Waals surface area contributed by atoms with E-state index in [1.165, 1.54) is 19.2 Å². The van der Waals surface area contributed by atoms with E-state index < -0.39 is 73.3 Å². The highest BCUT2D eigenvalue weighted by Gasteiger charge is 2.49. The van der Waals surface area contributed by atoms with Crippen molar-refractivity contribution in [3.8, 4) is 0 Å². The van der Waals surface area contributed by atoms with Crippen molar-refractivity contribution in [2.45, 2.75) is 74.7 Å². The van der Waals surface area contributed by atoms with E-state index in [0.29, 0.717) is 5.69 Å². The maximum Gasteiger partial charge on any atom is 0.410 e. The number of fused-ring (bicyclic) bond motifs is 1. The summed E-state index contributed by atoms with van der Waals surface area (Å²) in [7, 11) is 1.26. The molecule has 3 aliphatic rings. The van der Waals surface area contributed by atoms with Crippen molar-refractivity contribution >= 4 is 23.0 Å². The van der Waals surface area contributed by atoms with Gasteiger partial charge in [0.25, 0.3) is 5.91 Å². The molecule has 0 unspecified atom stereocenters. The zero-order valence-electron chi connectivity index (χ0n) is 23.3. The molecular weight excluding hydrogens is 602 g/mol. The molecule has 3 fully saturated rings.